The van der Waals surface area contributed by atoms with Crippen LogP contribution in [0.4, 0.5) is 0 Å². The van der Waals surface area contributed by atoms with Gasteiger partial charge in [0.25, 0.3) is 0 Å². The number of hydrogen-bond donors (Lipinski definition) is 0. The Balaban J connectivity index is 1.56. The lowest BCUT2D eigenvalue weighted by atomic mass is 10.1. The van der Waals surface area contributed by atoms with Crippen molar-refractivity contribution in [2.45, 2.75) is 32.1 Å². The normalized spacial score (nSPS) is 10.9. The van der Waals surface area contributed by atoms with Gasteiger partial charge in [-0.05, 0) is 36.8 Å². The minimum atomic E-state index is 1.18. The Labute approximate surface area is 116 Å². The van der Waals surface area contributed by atoms with Gasteiger partial charge in [0.2, 0.25) is 0 Å². The number of allylic oxidation sites excluding steroid dienone is 1. The van der Waals surface area contributed by atoms with Crippen molar-refractivity contribution in [2.24, 2.45) is 0 Å². The number of rotatable bonds is 7. The second-order valence-electron chi connectivity index (χ2n) is 4.90. The molecule has 0 bridgehead atoms. The Kier molecular flexibility index (Phi) is 5.95. The highest BCUT2D eigenvalue weighted by atomic mass is 14.0. The molecule has 0 atom stereocenters. The van der Waals surface area contributed by atoms with Gasteiger partial charge >= 0.3 is 0 Å². The third kappa shape index (κ3) is 5.56. The average Bonchev–Trinajstić information content (AvgIpc) is 2.48. The van der Waals surface area contributed by atoms with Gasteiger partial charge in [-0.25, -0.2) is 0 Å². The van der Waals surface area contributed by atoms with Crippen molar-refractivity contribution in [2.75, 3.05) is 0 Å². The molecule has 0 aliphatic carbocycles. The fourth-order valence-electron chi connectivity index (χ4n) is 2.20. The Morgan fingerprint density at radius 1 is 0.684 bits per heavy atom. The van der Waals surface area contributed by atoms with Gasteiger partial charge in [-0.1, -0.05) is 79.2 Å². The van der Waals surface area contributed by atoms with Crippen molar-refractivity contribution < 1.29 is 0 Å². The summed E-state index contributed by atoms with van der Waals surface area (Å²) in [5, 5.41) is 0. The molecule has 0 radical (unpaired) electrons. The second-order valence-corrected chi connectivity index (χ2v) is 4.90. The number of aryl methyl sites for hydroxylation is 1. The summed E-state index contributed by atoms with van der Waals surface area (Å²) < 4.78 is 0. The summed E-state index contributed by atoms with van der Waals surface area (Å²) in [7, 11) is 0. The smallest absolute Gasteiger partial charge is 0.0260 e. The molecular formula is C19H22. The second kappa shape index (κ2) is 8.31. The Morgan fingerprint density at radius 2 is 1.37 bits per heavy atom. The zero-order chi connectivity index (χ0) is 13.2. The average molecular weight is 250 g/mol. The molecule has 98 valence electrons. The molecule has 0 aliphatic heterocycles. The molecular weight excluding hydrogens is 228 g/mol. The van der Waals surface area contributed by atoms with Crippen LogP contribution >= 0.6 is 0 Å². The first-order valence-electron chi connectivity index (χ1n) is 7.21. The molecule has 0 spiro atoms. The molecule has 0 heterocycles. The van der Waals surface area contributed by atoms with Crippen molar-refractivity contribution >= 4 is 6.08 Å². The summed E-state index contributed by atoms with van der Waals surface area (Å²) in [6, 6.07) is 21.3. The van der Waals surface area contributed by atoms with Crippen molar-refractivity contribution in [1.82, 2.24) is 0 Å². The lowest BCUT2D eigenvalue weighted by molar-refractivity contribution is 0.687. The van der Waals surface area contributed by atoms with Crippen LogP contribution in [-0.4, -0.2) is 0 Å². The van der Waals surface area contributed by atoms with Gasteiger partial charge in [0.1, 0.15) is 0 Å². The maximum atomic E-state index is 2.29. The Hall–Kier alpha value is -1.82. The van der Waals surface area contributed by atoms with Crippen LogP contribution in [0, 0.1) is 0 Å². The molecule has 2 aromatic rings. The zero-order valence-electron chi connectivity index (χ0n) is 11.5. The summed E-state index contributed by atoms with van der Waals surface area (Å²) in [6.45, 7) is 0. The third-order valence-corrected chi connectivity index (χ3v) is 3.29. The first-order valence-corrected chi connectivity index (χ1v) is 7.21. The molecule has 0 aromatic heterocycles. The van der Waals surface area contributed by atoms with Crippen LogP contribution in [0.3, 0.4) is 0 Å². The fraction of sp³-hybridized carbons (Fsp3) is 0.263. The van der Waals surface area contributed by atoms with Gasteiger partial charge in [0, 0.05) is 0 Å². The van der Waals surface area contributed by atoms with Crippen molar-refractivity contribution in [3.63, 3.8) is 0 Å². The van der Waals surface area contributed by atoms with Crippen LogP contribution in [-0.2, 0) is 6.42 Å². The van der Waals surface area contributed by atoms with E-state index in [0.717, 1.165) is 0 Å². The number of unbranched alkanes of at least 4 members (excludes halogenated alkanes) is 3. The largest absolute Gasteiger partial charge is 0.0839 e. The highest BCUT2D eigenvalue weighted by molar-refractivity contribution is 5.48. The lowest BCUT2D eigenvalue weighted by Crippen LogP contribution is -1.84. The van der Waals surface area contributed by atoms with Crippen LogP contribution in [0.1, 0.15) is 36.8 Å². The van der Waals surface area contributed by atoms with E-state index in [1.54, 1.807) is 0 Å². The number of hydrogen-bond acceptors (Lipinski definition) is 0. The molecule has 0 amide bonds. The van der Waals surface area contributed by atoms with E-state index in [9.17, 15) is 0 Å². The summed E-state index contributed by atoms with van der Waals surface area (Å²) in [6.07, 6.45) is 10.8. The maximum absolute atomic E-state index is 2.29. The molecule has 0 saturated heterocycles. The zero-order valence-corrected chi connectivity index (χ0v) is 11.5. The molecule has 0 nitrogen and oxygen atoms in total. The molecule has 0 unspecified atom stereocenters. The Morgan fingerprint density at radius 3 is 2.11 bits per heavy atom. The molecule has 0 aliphatic rings. The highest BCUT2D eigenvalue weighted by Gasteiger charge is 1.91. The molecule has 2 rings (SSSR count). The van der Waals surface area contributed by atoms with E-state index in [2.05, 4.69) is 72.8 Å². The van der Waals surface area contributed by atoms with Gasteiger partial charge in [-0.15, -0.1) is 0 Å². The van der Waals surface area contributed by atoms with E-state index in [1.807, 2.05) is 0 Å². The van der Waals surface area contributed by atoms with Gasteiger partial charge in [-0.3, -0.25) is 0 Å². The van der Waals surface area contributed by atoms with E-state index >= 15 is 0 Å². The maximum Gasteiger partial charge on any atom is -0.0260 e. The fourth-order valence-corrected chi connectivity index (χ4v) is 2.20. The predicted octanol–water partition coefficient (Wildman–Crippen LogP) is 5.50. The van der Waals surface area contributed by atoms with Gasteiger partial charge < -0.3 is 0 Å². The Bertz CT molecular complexity index is 468. The quantitative estimate of drug-likeness (QED) is 0.569. The van der Waals surface area contributed by atoms with Crippen LogP contribution in [0.15, 0.2) is 66.7 Å². The molecule has 0 heteroatoms. The van der Waals surface area contributed by atoms with E-state index in [4.69, 9.17) is 0 Å². The van der Waals surface area contributed by atoms with Crippen LogP contribution in [0.25, 0.3) is 6.08 Å². The SMILES string of the molecule is C(=C/c1ccccc1)/CCCCCc1ccccc1. The summed E-state index contributed by atoms with van der Waals surface area (Å²) in [4.78, 5) is 0. The highest BCUT2D eigenvalue weighted by Crippen LogP contribution is 2.09. The first-order chi connectivity index (χ1) is 9.45. The van der Waals surface area contributed by atoms with Gasteiger partial charge in [-0.2, -0.15) is 0 Å². The van der Waals surface area contributed by atoms with E-state index < -0.39 is 0 Å². The third-order valence-electron chi connectivity index (χ3n) is 3.29. The van der Waals surface area contributed by atoms with Crippen molar-refractivity contribution in [1.29, 1.82) is 0 Å². The standard InChI is InChI=1S/C19H22/c1(2-6-12-18-14-8-4-9-15-18)3-7-13-19-16-10-5-11-17-19/h4-6,8-12,14-17H,1-3,7,13H2/b12-6-. The summed E-state index contributed by atoms with van der Waals surface area (Å²) in [5.41, 5.74) is 2.76. The van der Waals surface area contributed by atoms with Crippen molar-refractivity contribution in [3.8, 4) is 0 Å². The predicted molar refractivity (Wildman–Crippen MR) is 84.1 cm³/mol. The van der Waals surface area contributed by atoms with Crippen LogP contribution in [0.5, 0.6) is 0 Å². The summed E-state index contributed by atoms with van der Waals surface area (Å²) >= 11 is 0. The first kappa shape index (κ1) is 13.6. The molecule has 0 saturated carbocycles. The van der Waals surface area contributed by atoms with Crippen LogP contribution < -0.4 is 0 Å². The van der Waals surface area contributed by atoms with E-state index in [-0.39, 0.29) is 0 Å². The van der Waals surface area contributed by atoms with Crippen molar-refractivity contribution in [3.05, 3.63) is 77.9 Å². The molecule has 2 aromatic carbocycles. The van der Waals surface area contributed by atoms with Crippen LogP contribution in [0.2, 0.25) is 0 Å². The lowest BCUT2D eigenvalue weighted by Gasteiger charge is -2.00. The monoisotopic (exact) mass is 250 g/mol. The van der Waals surface area contributed by atoms with Gasteiger partial charge in [0.05, 0.1) is 0 Å². The molecule has 0 fully saturated rings. The molecule has 0 N–H and O–H groups in total. The minimum absolute atomic E-state index is 1.18. The summed E-state index contributed by atoms with van der Waals surface area (Å²) in [5.74, 6) is 0. The number of benzene rings is 2. The molecule has 19 heavy (non-hydrogen) atoms. The van der Waals surface area contributed by atoms with Gasteiger partial charge in [0.15, 0.2) is 0 Å². The van der Waals surface area contributed by atoms with E-state index in [1.165, 1.54) is 43.2 Å². The topological polar surface area (TPSA) is 0 Å². The van der Waals surface area contributed by atoms with E-state index in [0.29, 0.717) is 0 Å². The minimum Gasteiger partial charge on any atom is -0.0839 e.